The van der Waals surface area contributed by atoms with Crippen molar-refractivity contribution in [2.75, 3.05) is 13.1 Å². The van der Waals surface area contributed by atoms with Gasteiger partial charge in [-0.15, -0.1) is 0 Å². The van der Waals surface area contributed by atoms with Crippen molar-refractivity contribution in [1.29, 1.82) is 0 Å². The van der Waals surface area contributed by atoms with Crippen LogP contribution in [0.4, 0.5) is 0 Å². The number of likely N-dealkylation sites (tertiary alicyclic amines) is 1. The number of fused-ring (bicyclic) bond motifs is 1. The monoisotopic (exact) mass is 307 g/mol. The van der Waals surface area contributed by atoms with E-state index in [0.717, 1.165) is 43.8 Å². The highest BCUT2D eigenvalue weighted by atomic mass is 15.2. The highest BCUT2D eigenvalue weighted by Gasteiger charge is 2.22. The SMILES string of the molecule is Cc1ccc(CN2CCC(c3ccn4nccc4n3)CC2)cn1. The number of nitrogens with zero attached hydrogens (tertiary/aromatic N) is 5. The predicted molar refractivity (Wildman–Crippen MR) is 89.2 cm³/mol. The van der Waals surface area contributed by atoms with Crippen molar-refractivity contribution >= 4 is 5.65 Å². The van der Waals surface area contributed by atoms with E-state index < -0.39 is 0 Å². The average molecular weight is 307 g/mol. The van der Waals surface area contributed by atoms with Gasteiger partial charge in [0.1, 0.15) is 0 Å². The summed E-state index contributed by atoms with van der Waals surface area (Å²) in [7, 11) is 0. The van der Waals surface area contributed by atoms with Crippen LogP contribution in [0.5, 0.6) is 0 Å². The first-order valence-electron chi connectivity index (χ1n) is 8.22. The molecule has 0 spiro atoms. The van der Waals surface area contributed by atoms with Crippen LogP contribution < -0.4 is 0 Å². The lowest BCUT2D eigenvalue weighted by molar-refractivity contribution is 0.203. The van der Waals surface area contributed by atoms with Crippen LogP contribution in [0.15, 0.2) is 42.9 Å². The van der Waals surface area contributed by atoms with Crippen LogP contribution in [0.2, 0.25) is 0 Å². The van der Waals surface area contributed by atoms with Crippen LogP contribution in [0.25, 0.3) is 5.65 Å². The summed E-state index contributed by atoms with van der Waals surface area (Å²) < 4.78 is 1.82. The molecule has 1 aliphatic rings. The fourth-order valence-corrected chi connectivity index (χ4v) is 3.29. The molecule has 1 saturated heterocycles. The lowest BCUT2D eigenvalue weighted by Gasteiger charge is -2.31. The number of rotatable bonds is 3. The van der Waals surface area contributed by atoms with E-state index in [9.17, 15) is 0 Å². The topological polar surface area (TPSA) is 46.3 Å². The third-order valence-electron chi connectivity index (χ3n) is 4.66. The highest BCUT2D eigenvalue weighted by Crippen LogP contribution is 2.27. The number of pyridine rings is 1. The Bertz CT molecular complexity index is 785. The van der Waals surface area contributed by atoms with E-state index in [1.165, 1.54) is 11.3 Å². The van der Waals surface area contributed by atoms with Crippen molar-refractivity contribution in [3.8, 4) is 0 Å². The Morgan fingerprint density at radius 1 is 1.13 bits per heavy atom. The maximum Gasteiger partial charge on any atom is 0.155 e. The van der Waals surface area contributed by atoms with Gasteiger partial charge in [-0.3, -0.25) is 9.88 Å². The van der Waals surface area contributed by atoms with Gasteiger partial charge in [-0.1, -0.05) is 6.07 Å². The van der Waals surface area contributed by atoms with Gasteiger partial charge in [0.15, 0.2) is 5.65 Å². The Morgan fingerprint density at radius 3 is 2.78 bits per heavy atom. The summed E-state index contributed by atoms with van der Waals surface area (Å²) in [5.74, 6) is 0.558. The van der Waals surface area contributed by atoms with Gasteiger partial charge >= 0.3 is 0 Å². The molecule has 0 bridgehead atoms. The molecule has 3 aromatic rings. The number of aromatic nitrogens is 4. The highest BCUT2D eigenvalue weighted by molar-refractivity contribution is 5.37. The van der Waals surface area contributed by atoms with E-state index in [1.54, 1.807) is 6.20 Å². The van der Waals surface area contributed by atoms with Crippen molar-refractivity contribution in [2.24, 2.45) is 0 Å². The van der Waals surface area contributed by atoms with Gasteiger partial charge in [0.2, 0.25) is 0 Å². The van der Waals surface area contributed by atoms with Crippen LogP contribution >= 0.6 is 0 Å². The van der Waals surface area contributed by atoms with Crippen molar-refractivity contribution < 1.29 is 0 Å². The van der Waals surface area contributed by atoms with Gasteiger partial charge in [-0.25, -0.2) is 9.50 Å². The summed E-state index contributed by atoms with van der Waals surface area (Å²) >= 11 is 0. The Balaban J connectivity index is 1.39. The van der Waals surface area contributed by atoms with Crippen LogP contribution in [0.1, 0.15) is 35.7 Å². The Hall–Kier alpha value is -2.27. The fourth-order valence-electron chi connectivity index (χ4n) is 3.29. The summed E-state index contributed by atoms with van der Waals surface area (Å²) in [6, 6.07) is 8.35. The molecule has 0 unspecified atom stereocenters. The fraction of sp³-hybridized carbons (Fsp3) is 0.389. The van der Waals surface area contributed by atoms with Gasteiger partial charge in [0.05, 0.1) is 6.20 Å². The maximum atomic E-state index is 4.75. The number of piperidine rings is 1. The molecule has 5 heteroatoms. The van der Waals surface area contributed by atoms with Crippen molar-refractivity contribution in [2.45, 2.75) is 32.2 Å². The number of hydrogen-bond donors (Lipinski definition) is 0. The molecule has 0 aromatic carbocycles. The molecule has 4 heterocycles. The Morgan fingerprint density at radius 2 is 2.00 bits per heavy atom. The predicted octanol–water partition coefficient (Wildman–Crippen LogP) is 2.81. The van der Waals surface area contributed by atoms with E-state index in [0.29, 0.717) is 5.92 Å². The minimum atomic E-state index is 0.558. The minimum Gasteiger partial charge on any atom is -0.299 e. The van der Waals surface area contributed by atoms with E-state index >= 15 is 0 Å². The molecule has 0 radical (unpaired) electrons. The smallest absolute Gasteiger partial charge is 0.155 e. The van der Waals surface area contributed by atoms with Gasteiger partial charge in [0.25, 0.3) is 0 Å². The second kappa shape index (κ2) is 6.08. The standard InChI is InChI=1S/C18H21N5/c1-14-2-3-15(12-19-14)13-22-9-5-16(6-10-22)17-7-11-23-18(21-17)4-8-20-23/h2-4,7-8,11-12,16H,5-6,9-10,13H2,1H3. The zero-order valence-electron chi connectivity index (χ0n) is 13.4. The summed E-state index contributed by atoms with van der Waals surface area (Å²) in [6.07, 6.45) is 8.13. The molecule has 1 fully saturated rings. The number of hydrogen-bond acceptors (Lipinski definition) is 4. The lowest BCUT2D eigenvalue weighted by Crippen LogP contribution is -2.32. The summed E-state index contributed by atoms with van der Waals surface area (Å²) in [5, 5.41) is 4.21. The molecular weight excluding hydrogens is 286 g/mol. The van der Waals surface area contributed by atoms with E-state index in [2.05, 4.69) is 33.2 Å². The molecule has 3 aromatic heterocycles. The zero-order valence-corrected chi connectivity index (χ0v) is 13.4. The molecule has 0 amide bonds. The van der Waals surface area contributed by atoms with E-state index in [-0.39, 0.29) is 0 Å². The zero-order chi connectivity index (χ0) is 15.6. The summed E-state index contributed by atoms with van der Waals surface area (Å²) in [4.78, 5) is 11.6. The largest absolute Gasteiger partial charge is 0.299 e. The third kappa shape index (κ3) is 3.10. The molecule has 0 atom stereocenters. The van der Waals surface area contributed by atoms with E-state index in [1.807, 2.05) is 29.9 Å². The first-order chi connectivity index (χ1) is 11.3. The quantitative estimate of drug-likeness (QED) is 0.746. The lowest BCUT2D eigenvalue weighted by atomic mass is 9.93. The van der Waals surface area contributed by atoms with Crippen molar-refractivity contribution in [3.05, 3.63) is 59.8 Å². The van der Waals surface area contributed by atoms with Gasteiger partial charge in [-0.05, 0) is 50.6 Å². The first kappa shape index (κ1) is 14.3. The van der Waals surface area contributed by atoms with E-state index in [4.69, 9.17) is 4.98 Å². The molecular formula is C18H21N5. The van der Waals surface area contributed by atoms with Crippen LogP contribution in [0.3, 0.4) is 0 Å². The minimum absolute atomic E-state index is 0.558. The Kier molecular flexibility index (Phi) is 3.79. The number of aryl methyl sites for hydroxylation is 1. The third-order valence-corrected chi connectivity index (χ3v) is 4.66. The van der Waals surface area contributed by atoms with Crippen molar-refractivity contribution in [1.82, 2.24) is 24.5 Å². The molecule has 5 nitrogen and oxygen atoms in total. The summed E-state index contributed by atoms with van der Waals surface area (Å²) in [5.41, 5.74) is 4.52. The first-order valence-corrected chi connectivity index (χ1v) is 8.22. The van der Waals surface area contributed by atoms with Crippen molar-refractivity contribution in [3.63, 3.8) is 0 Å². The van der Waals surface area contributed by atoms with Gasteiger partial charge < -0.3 is 0 Å². The molecule has 0 saturated carbocycles. The average Bonchev–Trinajstić information content (AvgIpc) is 3.05. The molecule has 118 valence electrons. The van der Waals surface area contributed by atoms with Crippen LogP contribution in [-0.2, 0) is 6.54 Å². The molecule has 4 rings (SSSR count). The molecule has 23 heavy (non-hydrogen) atoms. The molecule has 0 N–H and O–H groups in total. The molecule has 0 aliphatic carbocycles. The van der Waals surface area contributed by atoms with Gasteiger partial charge in [-0.2, -0.15) is 5.10 Å². The van der Waals surface area contributed by atoms with Gasteiger partial charge in [0, 0.05) is 42.3 Å². The second-order valence-corrected chi connectivity index (χ2v) is 6.34. The summed E-state index contributed by atoms with van der Waals surface area (Å²) in [6.45, 7) is 5.25. The normalized spacial score (nSPS) is 16.9. The molecule has 1 aliphatic heterocycles. The van der Waals surface area contributed by atoms with Crippen LogP contribution in [-0.4, -0.2) is 37.6 Å². The van der Waals surface area contributed by atoms with Crippen LogP contribution in [0, 0.1) is 6.92 Å². The maximum absolute atomic E-state index is 4.75. The second-order valence-electron chi connectivity index (χ2n) is 6.34. The Labute approximate surface area is 136 Å².